The number of anilines is 3. The van der Waals surface area contributed by atoms with E-state index >= 15 is 0 Å². The minimum atomic E-state index is -0.979. The minimum absolute atomic E-state index is 0.0719. The molecule has 7 heteroatoms. The summed E-state index contributed by atoms with van der Waals surface area (Å²) in [6.07, 6.45) is 0. The van der Waals surface area contributed by atoms with E-state index < -0.39 is 12.0 Å². The highest BCUT2D eigenvalue weighted by molar-refractivity contribution is 5.92. The molecule has 0 aliphatic rings. The normalized spacial score (nSPS) is 11.9. The highest BCUT2D eigenvalue weighted by Crippen LogP contribution is 2.27. The summed E-state index contributed by atoms with van der Waals surface area (Å²) in [6.45, 7) is 1.54. The monoisotopic (exact) mass is 324 g/mol. The molecular formula is C17H16N4O3. The molecule has 0 bridgehead atoms. The summed E-state index contributed by atoms with van der Waals surface area (Å²) in [5.41, 5.74) is 1.12. The maximum Gasteiger partial charge on any atom is 0.325 e. The number of hydrogen-bond donors (Lipinski definition) is 4. The summed E-state index contributed by atoms with van der Waals surface area (Å²) in [4.78, 5) is 19.9. The van der Waals surface area contributed by atoms with Gasteiger partial charge in [0.25, 0.3) is 0 Å². The first-order valence-corrected chi connectivity index (χ1v) is 7.36. The number of carboxylic acid groups (broad SMARTS) is 1. The van der Waals surface area contributed by atoms with E-state index in [4.69, 9.17) is 5.11 Å². The summed E-state index contributed by atoms with van der Waals surface area (Å²) in [6, 6.07) is 13.2. The number of carboxylic acids is 1. The van der Waals surface area contributed by atoms with E-state index in [1.165, 1.54) is 6.92 Å². The number of phenols is 1. The van der Waals surface area contributed by atoms with Gasteiger partial charge in [0, 0.05) is 5.39 Å². The van der Waals surface area contributed by atoms with Crippen LogP contribution in [0, 0.1) is 0 Å². The predicted molar refractivity (Wildman–Crippen MR) is 91.6 cm³/mol. The molecule has 0 spiro atoms. The number of phenolic OH excluding ortho intramolecular Hbond substituents is 1. The number of hydrogen-bond acceptors (Lipinski definition) is 6. The standard InChI is InChI=1S/C17H16N4O3/c1-10(16(23)24)18-15-11-6-2-3-7-12(11)19-17(21-15)20-13-8-4-5-9-14(13)22/h2-10,22H,1H3,(H,23,24)(H2,18,19,20,21). The predicted octanol–water partition coefficient (Wildman–Crippen LogP) is 2.96. The molecule has 4 N–H and O–H groups in total. The molecule has 1 heterocycles. The van der Waals surface area contributed by atoms with Gasteiger partial charge in [0.05, 0.1) is 11.2 Å². The Balaban J connectivity index is 2.03. The Labute approximate surface area is 138 Å². The van der Waals surface area contributed by atoms with Gasteiger partial charge in [-0.2, -0.15) is 4.98 Å². The van der Waals surface area contributed by atoms with Crippen LogP contribution in [0.4, 0.5) is 17.5 Å². The van der Waals surface area contributed by atoms with Gasteiger partial charge in [-0.3, -0.25) is 4.79 Å². The molecule has 0 saturated heterocycles. The van der Waals surface area contributed by atoms with Crippen LogP contribution in [-0.4, -0.2) is 32.2 Å². The highest BCUT2D eigenvalue weighted by Gasteiger charge is 2.15. The lowest BCUT2D eigenvalue weighted by molar-refractivity contribution is -0.137. The van der Waals surface area contributed by atoms with Gasteiger partial charge in [-0.05, 0) is 31.2 Å². The number of para-hydroxylation sites is 3. The van der Waals surface area contributed by atoms with Gasteiger partial charge in [-0.15, -0.1) is 0 Å². The zero-order chi connectivity index (χ0) is 17.1. The number of benzene rings is 2. The third kappa shape index (κ3) is 3.19. The minimum Gasteiger partial charge on any atom is -0.506 e. The topological polar surface area (TPSA) is 107 Å². The smallest absolute Gasteiger partial charge is 0.325 e. The van der Waals surface area contributed by atoms with Crippen LogP contribution in [0.3, 0.4) is 0 Å². The molecule has 1 unspecified atom stereocenters. The zero-order valence-corrected chi connectivity index (χ0v) is 12.9. The fourth-order valence-electron chi connectivity index (χ4n) is 2.21. The van der Waals surface area contributed by atoms with Crippen molar-refractivity contribution in [1.29, 1.82) is 0 Å². The van der Waals surface area contributed by atoms with Crippen LogP contribution in [-0.2, 0) is 4.79 Å². The van der Waals surface area contributed by atoms with Crippen LogP contribution in [0.5, 0.6) is 5.75 Å². The van der Waals surface area contributed by atoms with E-state index in [0.29, 0.717) is 22.4 Å². The van der Waals surface area contributed by atoms with Crippen molar-refractivity contribution in [3.63, 3.8) is 0 Å². The lowest BCUT2D eigenvalue weighted by Gasteiger charge is -2.14. The summed E-state index contributed by atoms with van der Waals surface area (Å²) >= 11 is 0. The van der Waals surface area contributed by atoms with Crippen LogP contribution in [0.15, 0.2) is 48.5 Å². The third-order valence-electron chi connectivity index (χ3n) is 3.48. The summed E-state index contributed by atoms with van der Waals surface area (Å²) in [7, 11) is 0. The third-order valence-corrected chi connectivity index (χ3v) is 3.48. The van der Waals surface area contributed by atoms with Gasteiger partial charge in [0.2, 0.25) is 5.95 Å². The number of nitrogens with zero attached hydrogens (tertiary/aromatic N) is 2. The fraction of sp³-hybridized carbons (Fsp3) is 0.118. The molecular weight excluding hydrogens is 308 g/mol. The Bertz CT molecular complexity index is 898. The molecule has 0 radical (unpaired) electrons. The molecule has 24 heavy (non-hydrogen) atoms. The van der Waals surface area contributed by atoms with Crippen molar-refractivity contribution in [3.8, 4) is 5.75 Å². The summed E-state index contributed by atoms with van der Waals surface area (Å²) in [5.74, 6) is -0.237. The van der Waals surface area contributed by atoms with Crippen LogP contribution in [0.1, 0.15) is 6.92 Å². The zero-order valence-electron chi connectivity index (χ0n) is 12.9. The largest absolute Gasteiger partial charge is 0.506 e. The van der Waals surface area contributed by atoms with Crippen molar-refractivity contribution in [2.24, 2.45) is 0 Å². The Kier molecular flexibility index (Phi) is 4.15. The Morgan fingerprint density at radius 2 is 1.79 bits per heavy atom. The maximum absolute atomic E-state index is 11.1. The van der Waals surface area contributed by atoms with Crippen LogP contribution in [0.25, 0.3) is 10.9 Å². The molecule has 1 atom stereocenters. The Morgan fingerprint density at radius 1 is 1.08 bits per heavy atom. The van der Waals surface area contributed by atoms with E-state index in [9.17, 15) is 9.90 Å². The maximum atomic E-state index is 11.1. The van der Waals surface area contributed by atoms with E-state index in [2.05, 4.69) is 20.6 Å². The van der Waals surface area contributed by atoms with E-state index in [1.54, 1.807) is 24.3 Å². The number of aliphatic carboxylic acids is 1. The lowest BCUT2D eigenvalue weighted by atomic mass is 10.2. The summed E-state index contributed by atoms with van der Waals surface area (Å²) in [5, 5.41) is 25.5. The van der Waals surface area contributed by atoms with Gasteiger partial charge < -0.3 is 20.8 Å². The number of nitrogens with one attached hydrogen (secondary N) is 2. The number of aromatic hydroxyl groups is 1. The van der Waals surface area contributed by atoms with Crippen molar-refractivity contribution in [2.75, 3.05) is 10.6 Å². The molecule has 1 aromatic heterocycles. The first kappa shape index (κ1) is 15.5. The molecule has 0 aliphatic heterocycles. The van der Waals surface area contributed by atoms with Crippen molar-refractivity contribution in [3.05, 3.63) is 48.5 Å². The number of aromatic nitrogens is 2. The quantitative estimate of drug-likeness (QED) is 0.534. The van der Waals surface area contributed by atoms with Gasteiger partial charge in [-0.1, -0.05) is 24.3 Å². The van der Waals surface area contributed by atoms with Crippen LogP contribution < -0.4 is 10.6 Å². The van der Waals surface area contributed by atoms with Crippen LogP contribution >= 0.6 is 0 Å². The van der Waals surface area contributed by atoms with Gasteiger partial charge in [-0.25, -0.2) is 4.98 Å². The van der Waals surface area contributed by atoms with E-state index in [1.807, 2.05) is 24.3 Å². The Hall–Kier alpha value is -3.35. The number of rotatable bonds is 5. The van der Waals surface area contributed by atoms with Crippen molar-refractivity contribution in [1.82, 2.24) is 9.97 Å². The second-order valence-corrected chi connectivity index (χ2v) is 5.26. The van der Waals surface area contributed by atoms with Crippen molar-refractivity contribution < 1.29 is 15.0 Å². The first-order valence-electron chi connectivity index (χ1n) is 7.36. The fourth-order valence-corrected chi connectivity index (χ4v) is 2.21. The number of fused-ring (bicyclic) bond motifs is 1. The molecule has 0 amide bonds. The van der Waals surface area contributed by atoms with Gasteiger partial charge in [0.15, 0.2) is 0 Å². The first-order chi connectivity index (χ1) is 11.5. The van der Waals surface area contributed by atoms with Gasteiger partial charge >= 0.3 is 5.97 Å². The molecule has 122 valence electrons. The second kappa shape index (κ2) is 6.41. The highest BCUT2D eigenvalue weighted by atomic mass is 16.4. The molecule has 3 aromatic rings. The molecule has 0 saturated carbocycles. The molecule has 0 aliphatic carbocycles. The summed E-state index contributed by atoms with van der Waals surface area (Å²) < 4.78 is 0. The molecule has 3 rings (SSSR count). The SMILES string of the molecule is CC(Nc1nc(Nc2ccccc2O)nc2ccccc12)C(=O)O. The average Bonchev–Trinajstić information content (AvgIpc) is 2.57. The lowest BCUT2D eigenvalue weighted by Crippen LogP contribution is -2.26. The van der Waals surface area contributed by atoms with Gasteiger partial charge in [0.1, 0.15) is 17.6 Å². The number of carbonyl (C=O) groups is 1. The van der Waals surface area contributed by atoms with E-state index in [0.717, 1.165) is 0 Å². The van der Waals surface area contributed by atoms with Crippen molar-refractivity contribution >= 4 is 34.3 Å². The van der Waals surface area contributed by atoms with Crippen molar-refractivity contribution in [2.45, 2.75) is 13.0 Å². The average molecular weight is 324 g/mol. The molecule has 2 aromatic carbocycles. The Morgan fingerprint density at radius 3 is 2.54 bits per heavy atom. The second-order valence-electron chi connectivity index (χ2n) is 5.26. The van der Waals surface area contributed by atoms with E-state index in [-0.39, 0.29) is 11.7 Å². The molecule has 7 nitrogen and oxygen atoms in total. The molecule has 0 fully saturated rings. The van der Waals surface area contributed by atoms with Crippen LogP contribution in [0.2, 0.25) is 0 Å².